The molecule has 0 bridgehead atoms. The molecule has 0 atom stereocenters. The smallest absolute Gasteiger partial charge is 0.227 e. The molecule has 0 saturated heterocycles. The fraction of sp³-hybridized carbons (Fsp3) is 0.167. The summed E-state index contributed by atoms with van der Waals surface area (Å²) in [5.74, 6) is 0.555. The molecule has 1 N–H and O–H groups in total. The maximum absolute atomic E-state index is 4.84. The molecule has 0 unspecified atom stereocenters. The summed E-state index contributed by atoms with van der Waals surface area (Å²) < 4.78 is 0.847. The van der Waals surface area contributed by atoms with Crippen molar-refractivity contribution in [2.75, 3.05) is 12.4 Å². The lowest BCUT2D eigenvalue weighted by Gasteiger charge is -2.05. The number of rotatable bonds is 5. The van der Waals surface area contributed by atoms with Gasteiger partial charge in [-0.3, -0.25) is 0 Å². The maximum Gasteiger partial charge on any atom is 0.227 e. The molecule has 0 amide bonds. The fourth-order valence-electron chi connectivity index (χ4n) is 1.32. The van der Waals surface area contributed by atoms with Crippen LogP contribution in [0.25, 0.3) is 0 Å². The van der Waals surface area contributed by atoms with Crippen LogP contribution in [0.1, 0.15) is 5.56 Å². The second kappa shape index (κ2) is 6.44. The Bertz CT molecular complexity index is 488. The van der Waals surface area contributed by atoms with Crippen molar-refractivity contribution >= 4 is 27.6 Å². The van der Waals surface area contributed by atoms with Gasteiger partial charge in [0.2, 0.25) is 5.95 Å². The summed E-state index contributed by atoms with van der Waals surface area (Å²) in [5.41, 5.74) is 1.94. The van der Waals surface area contributed by atoms with Crippen LogP contribution in [-0.4, -0.2) is 17.1 Å². The second-order valence-corrected chi connectivity index (χ2v) is 4.39. The van der Waals surface area contributed by atoms with Crippen molar-refractivity contribution in [2.45, 2.75) is 6.61 Å². The fourth-order valence-corrected chi connectivity index (χ4v) is 1.52. The molecule has 0 aliphatic carbocycles. The molecule has 0 spiro atoms. The molecule has 0 fully saturated rings. The molecule has 5 nitrogen and oxygen atoms in total. The summed E-state index contributed by atoms with van der Waals surface area (Å²) in [7, 11) is 1.49. The van der Waals surface area contributed by atoms with E-state index in [-0.39, 0.29) is 0 Å². The summed E-state index contributed by atoms with van der Waals surface area (Å²) in [6.07, 6.45) is 3.38. The van der Waals surface area contributed by atoms with E-state index in [1.165, 1.54) is 7.11 Å². The van der Waals surface area contributed by atoms with Crippen molar-refractivity contribution < 1.29 is 9.78 Å². The van der Waals surface area contributed by atoms with Crippen molar-refractivity contribution in [1.29, 1.82) is 0 Å². The molecule has 2 aromatic rings. The number of hydrogen-bond donors (Lipinski definition) is 1. The van der Waals surface area contributed by atoms with Gasteiger partial charge in [0, 0.05) is 18.1 Å². The zero-order valence-corrected chi connectivity index (χ0v) is 11.3. The first-order valence-corrected chi connectivity index (χ1v) is 6.06. The lowest BCUT2D eigenvalue weighted by atomic mass is 10.2. The van der Waals surface area contributed by atoms with Gasteiger partial charge in [-0.05, 0) is 33.6 Å². The van der Waals surface area contributed by atoms with Gasteiger partial charge in [0.25, 0.3) is 0 Å². The van der Waals surface area contributed by atoms with E-state index in [0.29, 0.717) is 12.6 Å². The van der Waals surface area contributed by atoms with Crippen LogP contribution in [0.3, 0.4) is 0 Å². The predicted octanol–water partition coefficient (Wildman–Crippen LogP) is 3.06. The van der Waals surface area contributed by atoms with Crippen molar-refractivity contribution in [2.24, 2.45) is 0 Å². The number of nitrogens with one attached hydrogen (secondary N) is 1. The molecular weight excluding hydrogens is 298 g/mol. The van der Waals surface area contributed by atoms with Crippen LogP contribution in [-0.2, 0) is 16.4 Å². The predicted molar refractivity (Wildman–Crippen MR) is 71.3 cm³/mol. The molecule has 1 heterocycles. The van der Waals surface area contributed by atoms with Crippen molar-refractivity contribution in [3.05, 3.63) is 46.7 Å². The second-order valence-electron chi connectivity index (χ2n) is 3.48. The highest BCUT2D eigenvalue weighted by Gasteiger charge is 1.98. The molecule has 0 aliphatic rings. The van der Waals surface area contributed by atoms with Gasteiger partial charge in [0.05, 0.1) is 11.6 Å². The highest BCUT2D eigenvalue weighted by molar-refractivity contribution is 9.10. The highest BCUT2D eigenvalue weighted by Crippen LogP contribution is 2.15. The average molecular weight is 310 g/mol. The first kappa shape index (κ1) is 12.9. The van der Waals surface area contributed by atoms with E-state index < -0.39 is 0 Å². The van der Waals surface area contributed by atoms with Crippen molar-refractivity contribution in [3.8, 4) is 0 Å². The molecular formula is C12H12BrN3O2. The zero-order chi connectivity index (χ0) is 12.8. The Kier molecular flexibility index (Phi) is 4.63. The van der Waals surface area contributed by atoms with Gasteiger partial charge < -0.3 is 5.32 Å². The molecule has 0 saturated carbocycles. The third-order valence-electron chi connectivity index (χ3n) is 2.17. The van der Waals surface area contributed by atoms with Gasteiger partial charge in [-0.25, -0.2) is 19.7 Å². The van der Waals surface area contributed by atoms with E-state index in [9.17, 15) is 0 Å². The van der Waals surface area contributed by atoms with Crippen LogP contribution in [0.4, 0.5) is 11.6 Å². The Labute approximate surface area is 113 Å². The van der Waals surface area contributed by atoms with Crippen LogP contribution in [0.15, 0.2) is 41.1 Å². The van der Waals surface area contributed by atoms with Crippen LogP contribution in [0, 0.1) is 0 Å². The molecule has 1 aromatic heterocycles. The normalized spacial score (nSPS) is 10.3. The minimum Gasteiger partial charge on any atom is -0.324 e. The summed E-state index contributed by atoms with van der Waals surface area (Å²) in [6, 6.07) is 7.75. The highest BCUT2D eigenvalue weighted by atomic mass is 79.9. The summed E-state index contributed by atoms with van der Waals surface area (Å²) in [6.45, 7) is 0.422. The standard InChI is InChI=1S/C12H12BrN3O2/c1-17-18-8-9-2-4-11(5-3-9)16-12-14-6-10(13)7-15-12/h2-7H,8H2,1H3,(H,14,15,16). The lowest BCUT2D eigenvalue weighted by Crippen LogP contribution is -1.97. The van der Waals surface area contributed by atoms with Gasteiger partial charge in [0.1, 0.15) is 6.61 Å². The average Bonchev–Trinajstić information content (AvgIpc) is 2.41. The Morgan fingerprint density at radius 1 is 1.17 bits per heavy atom. The van der Waals surface area contributed by atoms with Gasteiger partial charge in [-0.1, -0.05) is 12.1 Å². The van der Waals surface area contributed by atoms with Crippen molar-refractivity contribution in [3.63, 3.8) is 0 Å². The monoisotopic (exact) mass is 309 g/mol. The van der Waals surface area contributed by atoms with E-state index in [1.54, 1.807) is 12.4 Å². The Balaban J connectivity index is 1.99. The maximum atomic E-state index is 4.84. The molecule has 94 valence electrons. The minimum absolute atomic E-state index is 0.422. The number of halogens is 1. The number of nitrogens with zero attached hydrogens (tertiary/aromatic N) is 2. The third-order valence-corrected chi connectivity index (χ3v) is 2.58. The minimum atomic E-state index is 0.422. The van der Waals surface area contributed by atoms with Crippen LogP contribution in [0.5, 0.6) is 0 Å². The van der Waals surface area contributed by atoms with E-state index in [4.69, 9.17) is 4.89 Å². The van der Waals surface area contributed by atoms with Crippen molar-refractivity contribution in [1.82, 2.24) is 9.97 Å². The van der Waals surface area contributed by atoms with Crippen LogP contribution in [0.2, 0.25) is 0 Å². The first-order chi connectivity index (χ1) is 8.78. The summed E-state index contributed by atoms with van der Waals surface area (Å²) in [5, 5.41) is 3.10. The zero-order valence-electron chi connectivity index (χ0n) is 9.76. The molecule has 0 radical (unpaired) electrons. The number of anilines is 2. The Morgan fingerprint density at radius 2 is 1.83 bits per heavy atom. The first-order valence-electron chi connectivity index (χ1n) is 5.27. The van der Waals surface area contributed by atoms with E-state index in [2.05, 4.69) is 36.1 Å². The number of benzene rings is 1. The van der Waals surface area contributed by atoms with E-state index in [1.807, 2.05) is 24.3 Å². The quantitative estimate of drug-likeness (QED) is 0.679. The Morgan fingerprint density at radius 3 is 2.44 bits per heavy atom. The topological polar surface area (TPSA) is 56.3 Å². The molecule has 18 heavy (non-hydrogen) atoms. The lowest BCUT2D eigenvalue weighted by molar-refractivity contribution is -0.282. The van der Waals surface area contributed by atoms with E-state index >= 15 is 0 Å². The summed E-state index contributed by atoms with van der Waals surface area (Å²) in [4.78, 5) is 17.6. The largest absolute Gasteiger partial charge is 0.324 e. The molecule has 2 rings (SSSR count). The molecule has 1 aromatic carbocycles. The molecule has 0 aliphatic heterocycles. The van der Waals surface area contributed by atoms with Gasteiger partial charge in [-0.15, -0.1) is 0 Å². The SMILES string of the molecule is COOCc1ccc(Nc2ncc(Br)cn2)cc1. The third kappa shape index (κ3) is 3.76. The molecule has 6 heteroatoms. The van der Waals surface area contributed by atoms with Gasteiger partial charge in [0.15, 0.2) is 0 Å². The number of aromatic nitrogens is 2. The summed E-state index contributed by atoms with van der Waals surface area (Å²) >= 11 is 3.29. The van der Waals surface area contributed by atoms with Crippen LogP contribution < -0.4 is 5.32 Å². The Hall–Kier alpha value is -1.50. The van der Waals surface area contributed by atoms with E-state index in [0.717, 1.165) is 15.7 Å². The van der Waals surface area contributed by atoms with Gasteiger partial charge >= 0.3 is 0 Å². The number of hydrogen-bond acceptors (Lipinski definition) is 5. The van der Waals surface area contributed by atoms with Crippen LogP contribution >= 0.6 is 15.9 Å². The van der Waals surface area contributed by atoms with Gasteiger partial charge in [-0.2, -0.15) is 0 Å².